The number of fused-ring (bicyclic) bond motifs is 1. The van der Waals surface area contributed by atoms with Crippen molar-refractivity contribution >= 4 is 11.6 Å². The third kappa shape index (κ3) is 2.62. The summed E-state index contributed by atoms with van der Waals surface area (Å²) < 4.78 is 1.90. The van der Waals surface area contributed by atoms with E-state index in [0.29, 0.717) is 12.1 Å². The largest absolute Gasteiger partial charge is 0.338 e. The molecule has 4 heterocycles. The highest BCUT2D eigenvalue weighted by Crippen LogP contribution is 2.27. The third-order valence-electron chi connectivity index (χ3n) is 4.44. The third-order valence-corrected chi connectivity index (χ3v) is 4.44. The molecule has 7 heteroatoms. The predicted octanol–water partition coefficient (Wildman–Crippen LogP) is 1.85. The van der Waals surface area contributed by atoms with Crippen molar-refractivity contribution in [3.8, 4) is 0 Å². The van der Waals surface area contributed by atoms with Gasteiger partial charge in [-0.1, -0.05) is 0 Å². The Labute approximate surface area is 139 Å². The molecule has 0 spiro atoms. The lowest BCUT2D eigenvalue weighted by molar-refractivity contribution is 0.0704. The van der Waals surface area contributed by atoms with Gasteiger partial charge in [-0.2, -0.15) is 5.10 Å². The molecule has 1 aliphatic heterocycles. The highest BCUT2D eigenvalue weighted by molar-refractivity contribution is 5.93. The zero-order chi connectivity index (χ0) is 16.5. The van der Waals surface area contributed by atoms with Crippen LogP contribution in [0.25, 0.3) is 5.65 Å². The van der Waals surface area contributed by atoms with E-state index in [0.717, 1.165) is 36.4 Å². The second-order valence-electron chi connectivity index (χ2n) is 6.14. The summed E-state index contributed by atoms with van der Waals surface area (Å²) in [5.74, 6) is 0.236. The number of nitrogens with zero attached hydrogens (tertiary/aromatic N) is 6. The van der Waals surface area contributed by atoms with Crippen LogP contribution in [0, 0.1) is 6.92 Å². The van der Waals surface area contributed by atoms with E-state index in [1.165, 1.54) is 6.33 Å². The minimum Gasteiger partial charge on any atom is -0.338 e. The second-order valence-corrected chi connectivity index (χ2v) is 6.14. The van der Waals surface area contributed by atoms with Crippen molar-refractivity contribution in [3.63, 3.8) is 0 Å². The molecule has 0 saturated carbocycles. The van der Waals surface area contributed by atoms with Gasteiger partial charge in [0.2, 0.25) is 0 Å². The van der Waals surface area contributed by atoms with Crippen LogP contribution in [0.5, 0.6) is 0 Å². The van der Waals surface area contributed by atoms with Crippen LogP contribution in [0.3, 0.4) is 0 Å². The number of aromatic nitrogens is 5. The second kappa shape index (κ2) is 5.99. The summed E-state index contributed by atoms with van der Waals surface area (Å²) in [4.78, 5) is 26.8. The molecule has 1 fully saturated rings. The molecule has 7 nitrogen and oxygen atoms in total. The van der Waals surface area contributed by atoms with Crippen molar-refractivity contribution in [1.29, 1.82) is 0 Å². The summed E-state index contributed by atoms with van der Waals surface area (Å²) in [5.41, 5.74) is 3.44. The molecule has 3 aromatic rings. The van der Waals surface area contributed by atoms with Crippen LogP contribution in [-0.4, -0.2) is 48.5 Å². The van der Waals surface area contributed by atoms with Crippen molar-refractivity contribution < 1.29 is 4.79 Å². The predicted molar refractivity (Wildman–Crippen MR) is 87.6 cm³/mol. The van der Waals surface area contributed by atoms with Crippen LogP contribution < -0.4 is 0 Å². The first kappa shape index (κ1) is 14.7. The molecule has 122 valence electrons. The molecule has 0 bridgehead atoms. The fourth-order valence-corrected chi connectivity index (χ4v) is 3.33. The zero-order valence-electron chi connectivity index (χ0n) is 13.5. The highest BCUT2D eigenvalue weighted by Gasteiger charge is 2.27. The fraction of sp³-hybridized carbons (Fsp3) is 0.353. The molecule has 1 atom stereocenters. The average Bonchev–Trinajstić information content (AvgIpc) is 3.02. The van der Waals surface area contributed by atoms with Crippen LogP contribution in [0.2, 0.25) is 0 Å². The molecule has 1 amide bonds. The molecule has 1 unspecified atom stereocenters. The van der Waals surface area contributed by atoms with Gasteiger partial charge in [0.05, 0.1) is 17.0 Å². The van der Waals surface area contributed by atoms with E-state index in [1.807, 2.05) is 34.7 Å². The smallest absolute Gasteiger partial charge is 0.257 e. The molecule has 1 aliphatic rings. The van der Waals surface area contributed by atoms with E-state index in [4.69, 9.17) is 0 Å². The molecule has 0 aliphatic carbocycles. The maximum absolute atomic E-state index is 12.7. The molecule has 1 saturated heterocycles. The molecule has 0 aromatic carbocycles. The van der Waals surface area contributed by atoms with Crippen molar-refractivity contribution in [1.82, 2.24) is 29.5 Å². The molecule has 0 radical (unpaired) electrons. The topological polar surface area (TPSA) is 76.3 Å². The van der Waals surface area contributed by atoms with Crippen LogP contribution in [0.15, 0.2) is 37.1 Å². The average molecular weight is 322 g/mol. The molecular formula is C17H18N6O. The van der Waals surface area contributed by atoms with E-state index in [2.05, 4.69) is 20.1 Å². The van der Waals surface area contributed by atoms with Gasteiger partial charge in [-0.25, -0.2) is 19.5 Å². The number of likely N-dealkylation sites (tertiary alicyclic amines) is 1. The first-order valence-electron chi connectivity index (χ1n) is 8.08. The van der Waals surface area contributed by atoms with Crippen LogP contribution in [-0.2, 0) is 0 Å². The maximum Gasteiger partial charge on any atom is 0.257 e. The van der Waals surface area contributed by atoms with Gasteiger partial charge in [-0.3, -0.25) is 4.79 Å². The Hall–Kier alpha value is -2.83. The Bertz CT molecular complexity index is 875. The van der Waals surface area contributed by atoms with E-state index >= 15 is 0 Å². The Balaban J connectivity index is 1.61. The molecule has 3 aromatic heterocycles. The summed E-state index contributed by atoms with van der Waals surface area (Å²) in [6.07, 6.45) is 8.39. The van der Waals surface area contributed by atoms with Crippen molar-refractivity contribution in [2.24, 2.45) is 0 Å². The van der Waals surface area contributed by atoms with Crippen molar-refractivity contribution in [2.75, 3.05) is 13.1 Å². The van der Waals surface area contributed by atoms with Gasteiger partial charge in [0.15, 0.2) is 5.65 Å². The number of hydrogen-bond donors (Lipinski definition) is 0. The number of carbonyl (C=O) groups is 1. The minimum absolute atomic E-state index is 0.0118. The molecular weight excluding hydrogens is 304 g/mol. The molecule has 4 rings (SSSR count). The maximum atomic E-state index is 12.7. The molecule has 24 heavy (non-hydrogen) atoms. The van der Waals surface area contributed by atoms with Crippen LogP contribution in [0.4, 0.5) is 0 Å². The number of amides is 1. The number of carbonyl (C=O) groups excluding carboxylic acids is 1. The van der Waals surface area contributed by atoms with Gasteiger partial charge in [0, 0.05) is 43.7 Å². The number of hydrogen-bond acceptors (Lipinski definition) is 5. The summed E-state index contributed by atoms with van der Waals surface area (Å²) in [5, 5.41) is 4.55. The Kier molecular flexibility index (Phi) is 3.68. The fourth-order valence-electron chi connectivity index (χ4n) is 3.33. The van der Waals surface area contributed by atoms with E-state index in [9.17, 15) is 4.79 Å². The Morgan fingerprint density at radius 2 is 2.12 bits per heavy atom. The zero-order valence-corrected chi connectivity index (χ0v) is 13.5. The normalized spacial score (nSPS) is 18.0. The van der Waals surface area contributed by atoms with Crippen molar-refractivity contribution in [2.45, 2.75) is 25.7 Å². The van der Waals surface area contributed by atoms with Crippen LogP contribution >= 0.6 is 0 Å². The Morgan fingerprint density at radius 1 is 1.29 bits per heavy atom. The summed E-state index contributed by atoms with van der Waals surface area (Å²) in [6.45, 7) is 3.40. The van der Waals surface area contributed by atoms with Crippen molar-refractivity contribution in [3.05, 3.63) is 54.0 Å². The lowest BCUT2D eigenvalue weighted by Crippen LogP contribution is -2.39. The van der Waals surface area contributed by atoms with E-state index in [-0.39, 0.29) is 11.8 Å². The first-order chi connectivity index (χ1) is 11.7. The van der Waals surface area contributed by atoms with Gasteiger partial charge in [0.25, 0.3) is 5.91 Å². The number of rotatable bonds is 2. The highest BCUT2D eigenvalue weighted by atomic mass is 16.2. The monoisotopic (exact) mass is 322 g/mol. The number of piperidine rings is 1. The summed E-state index contributed by atoms with van der Waals surface area (Å²) >= 11 is 0. The van der Waals surface area contributed by atoms with Gasteiger partial charge in [-0.05, 0) is 25.8 Å². The first-order valence-corrected chi connectivity index (χ1v) is 8.08. The summed E-state index contributed by atoms with van der Waals surface area (Å²) in [7, 11) is 0. The lowest BCUT2D eigenvalue weighted by atomic mass is 9.94. The van der Waals surface area contributed by atoms with Gasteiger partial charge >= 0.3 is 0 Å². The van der Waals surface area contributed by atoms with Gasteiger partial charge in [-0.15, -0.1) is 0 Å². The van der Waals surface area contributed by atoms with Gasteiger partial charge in [0.1, 0.15) is 6.33 Å². The van der Waals surface area contributed by atoms with Gasteiger partial charge < -0.3 is 4.90 Å². The molecule has 0 N–H and O–H groups in total. The standard InChI is InChI=1S/C17H18N6O/c1-12-7-16-20-5-4-15(23(16)21-12)13-3-2-6-22(10-13)17(24)14-8-18-11-19-9-14/h4-5,7-9,11,13H,2-3,6,10H2,1H3. The van der Waals surface area contributed by atoms with E-state index in [1.54, 1.807) is 12.4 Å². The quantitative estimate of drug-likeness (QED) is 0.719. The lowest BCUT2D eigenvalue weighted by Gasteiger charge is -2.32. The SMILES string of the molecule is Cc1cc2nccc(C3CCCN(C(=O)c4cncnc4)C3)n2n1. The van der Waals surface area contributed by atoms with Crippen LogP contribution in [0.1, 0.15) is 40.5 Å². The minimum atomic E-state index is -0.0118. The summed E-state index contributed by atoms with van der Waals surface area (Å²) in [6, 6.07) is 3.97. The number of aryl methyl sites for hydroxylation is 1. The van der Waals surface area contributed by atoms with E-state index < -0.39 is 0 Å². The Morgan fingerprint density at radius 3 is 2.96 bits per heavy atom.